The topological polar surface area (TPSA) is 125 Å². The number of aliphatic hydroxyl groups is 1. The maximum Gasteiger partial charge on any atom is 0.340 e. The zero-order chi connectivity index (χ0) is 16.1. The highest BCUT2D eigenvalue weighted by Crippen LogP contribution is 2.39. The second-order valence-electron chi connectivity index (χ2n) is 4.41. The van der Waals surface area contributed by atoms with E-state index in [2.05, 4.69) is 5.11 Å². The molecule has 0 heterocycles. The standard InChI is InChI=1S/C14H14N4O4/c15-13-11(6-7-12(20)14(13)18(21)22)17(8-9-19)16-10-4-2-1-3-5-10/h1-7,19H,8-9H2,(H2-,15,16,20)/p+1. The van der Waals surface area contributed by atoms with Gasteiger partial charge in [-0.3, -0.25) is 10.1 Å². The summed E-state index contributed by atoms with van der Waals surface area (Å²) in [4.78, 5) is 10.2. The number of hydrogen-bond donors (Lipinski definition) is 3. The Bertz CT molecular complexity index is 716. The van der Waals surface area contributed by atoms with Crippen molar-refractivity contribution in [1.29, 1.82) is 0 Å². The van der Waals surface area contributed by atoms with Crippen LogP contribution in [-0.2, 0) is 0 Å². The number of aromatic hydroxyl groups is 1. The molecule has 0 saturated heterocycles. The van der Waals surface area contributed by atoms with E-state index < -0.39 is 16.4 Å². The fraction of sp³-hybridized carbons (Fsp3) is 0.143. The zero-order valence-corrected chi connectivity index (χ0v) is 11.6. The third kappa shape index (κ3) is 3.18. The molecule has 0 atom stereocenters. The van der Waals surface area contributed by atoms with E-state index in [0.717, 1.165) is 0 Å². The molecule has 0 aliphatic heterocycles. The number of nitro benzene ring substituents is 1. The van der Waals surface area contributed by atoms with E-state index >= 15 is 0 Å². The fourth-order valence-corrected chi connectivity index (χ4v) is 1.96. The fourth-order valence-electron chi connectivity index (χ4n) is 1.96. The van der Waals surface area contributed by atoms with E-state index in [1.807, 2.05) is 6.07 Å². The van der Waals surface area contributed by atoms with E-state index in [1.165, 1.54) is 16.8 Å². The molecule has 22 heavy (non-hydrogen) atoms. The molecule has 2 rings (SSSR count). The van der Waals surface area contributed by atoms with Crippen LogP contribution in [0.1, 0.15) is 0 Å². The lowest BCUT2D eigenvalue weighted by Gasteiger charge is -2.04. The Balaban J connectivity index is 2.57. The maximum absolute atomic E-state index is 11.0. The van der Waals surface area contributed by atoms with Crippen molar-refractivity contribution in [2.45, 2.75) is 0 Å². The van der Waals surface area contributed by atoms with Crippen molar-refractivity contribution in [1.82, 2.24) is 0 Å². The van der Waals surface area contributed by atoms with Gasteiger partial charge in [0.15, 0.2) is 18.0 Å². The molecule has 0 unspecified atom stereocenters. The number of nitrogens with zero attached hydrogens (tertiary/aromatic N) is 3. The minimum atomic E-state index is -0.756. The molecule has 2 aromatic rings. The first-order valence-electron chi connectivity index (χ1n) is 6.45. The molecule has 0 aliphatic carbocycles. The normalized spacial score (nSPS) is 11.4. The molecule has 8 nitrogen and oxygen atoms in total. The predicted molar refractivity (Wildman–Crippen MR) is 79.6 cm³/mol. The van der Waals surface area contributed by atoms with Crippen LogP contribution in [0.25, 0.3) is 0 Å². The summed E-state index contributed by atoms with van der Waals surface area (Å²) in [5.41, 5.74) is 5.84. The number of benzene rings is 2. The van der Waals surface area contributed by atoms with Crippen LogP contribution in [0, 0.1) is 10.1 Å². The molecule has 8 heteroatoms. The van der Waals surface area contributed by atoms with Crippen molar-refractivity contribution in [2.75, 3.05) is 18.9 Å². The SMILES string of the molecule is Nc1c([N+](CCO)=Nc2ccccc2)ccc(O)c1[N+](=O)[O-]. The second kappa shape index (κ2) is 6.64. The van der Waals surface area contributed by atoms with Gasteiger partial charge in [0.1, 0.15) is 12.3 Å². The molecule has 0 saturated carbocycles. The van der Waals surface area contributed by atoms with E-state index in [0.29, 0.717) is 5.69 Å². The number of rotatable bonds is 5. The Kier molecular flexibility index (Phi) is 4.64. The first-order valence-corrected chi connectivity index (χ1v) is 6.45. The van der Waals surface area contributed by atoms with E-state index in [-0.39, 0.29) is 24.5 Å². The molecular formula is C14H15N4O4+. The number of nitrogen functional groups attached to an aromatic ring is 1. The van der Waals surface area contributed by atoms with Crippen molar-refractivity contribution in [3.05, 3.63) is 52.6 Å². The van der Waals surface area contributed by atoms with Gasteiger partial charge in [0.2, 0.25) is 0 Å². The number of nitro groups is 1. The van der Waals surface area contributed by atoms with Crippen molar-refractivity contribution in [3.63, 3.8) is 0 Å². The largest absolute Gasteiger partial charge is 0.502 e. The van der Waals surface area contributed by atoms with Gasteiger partial charge in [-0.2, -0.15) is 0 Å². The van der Waals surface area contributed by atoms with Gasteiger partial charge in [-0.1, -0.05) is 22.9 Å². The molecule has 114 valence electrons. The van der Waals surface area contributed by atoms with E-state index in [1.54, 1.807) is 24.3 Å². The minimum absolute atomic E-state index is 0.0982. The molecule has 2 aromatic carbocycles. The second-order valence-corrected chi connectivity index (χ2v) is 4.41. The summed E-state index contributed by atoms with van der Waals surface area (Å²) in [5.74, 6) is -0.519. The quantitative estimate of drug-likeness (QED) is 0.257. The van der Waals surface area contributed by atoms with Crippen LogP contribution in [-0.4, -0.2) is 33.0 Å². The molecule has 0 aliphatic rings. The number of hydrogen-bond acceptors (Lipinski definition) is 6. The molecule has 0 aromatic heterocycles. The molecule has 0 bridgehead atoms. The summed E-state index contributed by atoms with van der Waals surface area (Å²) in [6, 6.07) is 11.5. The number of azo groups is 2. The Morgan fingerprint density at radius 2 is 1.86 bits per heavy atom. The smallest absolute Gasteiger partial charge is 0.340 e. The summed E-state index contributed by atoms with van der Waals surface area (Å²) in [7, 11) is 0. The van der Waals surface area contributed by atoms with Gasteiger partial charge >= 0.3 is 5.69 Å². The lowest BCUT2D eigenvalue weighted by molar-refractivity contribution is -0.510. The Morgan fingerprint density at radius 3 is 2.45 bits per heavy atom. The van der Waals surface area contributed by atoms with Crippen molar-refractivity contribution in [3.8, 4) is 5.75 Å². The van der Waals surface area contributed by atoms with Gasteiger partial charge in [0.05, 0.1) is 4.92 Å². The van der Waals surface area contributed by atoms with Crippen LogP contribution in [0.15, 0.2) is 47.6 Å². The molecule has 0 fully saturated rings. The summed E-state index contributed by atoms with van der Waals surface area (Å²) in [6.45, 7) is -0.120. The molecule has 4 N–H and O–H groups in total. The van der Waals surface area contributed by atoms with Crippen LogP contribution in [0.3, 0.4) is 0 Å². The minimum Gasteiger partial charge on any atom is -0.502 e. The van der Waals surface area contributed by atoms with Gasteiger partial charge < -0.3 is 15.9 Å². The molecule has 0 radical (unpaired) electrons. The van der Waals surface area contributed by atoms with Gasteiger partial charge in [-0.05, 0) is 18.2 Å². The number of nitrogens with two attached hydrogens (primary N) is 1. The van der Waals surface area contributed by atoms with E-state index in [4.69, 9.17) is 5.73 Å². The maximum atomic E-state index is 11.0. The number of phenols is 1. The monoisotopic (exact) mass is 303 g/mol. The molecule has 0 spiro atoms. The van der Waals surface area contributed by atoms with Crippen LogP contribution < -0.4 is 5.73 Å². The third-order valence-electron chi connectivity index (χ3n) is 2.94. The Labute approximate surface area is 125 Å². The van der Waals surface area contributed by atoms with Gasteiger partial charge in [-0.15, -0.1) is 0 Å². The summed E-state index contributed by atoms with van der Waals surface area (Å²) >= 11 is 0. The number of anilines is 1. The lowest BCUT2D eigenvalue weighted by atomic mass is 10.2. The van der Waals surface area contributed by atoms with Crippen molar-refractivity contribution >= 4 is 22.7 Å². The van der Waals surface area contributed by atoms with Crippen LogP contribution in [0.5, 0.6) is 5.75 Å². The van der Waals surface area contributed by atoms with Crippen LogP contribution in [0.4, 0.5) is 22.7 Å². The predicted octanol–water partition coefficient (Wildman–Crippen LogP) is 2.30. The highest BCUT2D eigenvalue weighted by molar-refractivity contribution is 5.75. The number of phenolic OH excluding ortho intramolecular Hbond substituents is 1. The molecular weight excluding hydrogens is 288 g/mol. The first kappa shape index (κ1) is 15.4. The van der Waals surface area contributed by atoms with Gasteiger partial charge in [0.25, 0.3) is 5.69 Å². The highest BCUT2D eigenvalue weighted by Gasteiger charge is 2.27. The number of aliphatic hydroxyl groups excluding tert-OH is 1. The lowest BCUT2D eigenvalue weighted by Crippen LogP contribution is -2.11. The highest BCUT2D eigenvalue weighted by atomic mass is 16.6. The molecule has 0 amide bonds. The van der Waals surface area contributed by atoms with Gasteiger partial charge in [-0.25, -0.2) is 0 Å². The van der Waals surface area contributed by atoms with Crippen molar-refractivity contribution in [2.24, 2.45) is 5.11 Å². The average molecular weight is 303 g/mol. The Hall–Kier alpha value is -3.00. The van der Waals surface area contributed by atoms with Crippen LogP contribution in [0.2, 0.25) is 0 Å². The van der Waals surface area contributed by atoms with E-state index in [9.17, 15) is 20.3 Å². The van der Waals surface area contributed by atoms with Crippen LogP contribution >= 0.6 is 0 Å². The van der Waals surface area contributed by atoms with Gasteiger partial charge in [0, 0.05) is 11.2 Å². The zero-order valence-electron chi connectivity index (χ0n) is 11.6. The average Bonchev–Trinajstić information content (AvgIpc) is 2.48. The summed E-state index contributed by atoms with van der Waals surface area (Å²) < 4.78 is 1.36. The Morgan fingerprint density at radius 1 is 1.18 bits per heavy atom. The summed E-state index contributed by atoms with van der Waals surface area (Å²) in [6.07, 6.45) is 0. The third-order valence-corrected chi connectivity index (χ3v) is 2.94. The summed E-state index contributed by atoms with van der Waals surface area (Å²) in [5, 5.41) is 34.0. The first-order chi connectivity index (χ1) is 10.5. The van der Waals surface area contributed by atoms with Crippen molar-refractivity contribution < 1.29 is 19.8 Å².